The number of aliphatic hydroxyl groups is 1. The molecule has 0 aromatic heterocycles. The molecule has 0 spiro atoms. The Morgan fingerprint density at radius 1 is 0.909 bits per heavy atom. The minimum atomic E-state index is -0.166. The molecule has 1 N–H and O–H groups in total. The Hall–Kier alpha value is -0.630. The quantitative estimate of drug-likeness (QED) is 0.414. The first-order chi connectivity index (χ1) is 15.3. The molecule has 10 unspecified atom stereocenters. The molecule has 5 aliphatic carbocycles. The van der Waals surface area contributed by atoms with Crippen LogP contribution in [0.25, 0.3) is 0 Å². The van der Waals surface area contributed by atoms with Crippen LogP contribution in [0.15, 0.2) is 11.6 Å². The van der Waals surface area contributed by atoms with Crippen molar-refractivity contribution in [2.75, 3.05) is 0 Å². The normalized spacial score (nSPS) is 55.4. The van der Waals surface area contributed by atoms with Crippen LogP contribution < -0.4 is 0 Å². The summed E-state index contributed by atoms with van der Waals surface area (Å²) in [6.07, 6.45) is 12.9. The summed E-state index contributed by atoms with van der Waals surface area (Å²) in [5.41, 5.74) is 2.34. The van der Waals surface area contributed by atoms with Gasteiger partial charge in [-0.25, -0.2) is 0 Å². The van der Waals surface area contributed by atoms with Crippen LogP contribution in [0, 0.1) is 56.7 Å². The highest BCUT2D eigenvalue weighted by atomic mass is 16.3. The molecular weight excluding hydrogens is 404 g/mol. The number of allylic oxidation sites excluding steroid dienone is 2. The van der Waals surface area contributed by atoms with Crippen molar-refractivity contribution < 1.29 is 9.90 Å². The number of Topliss-reactive ketones (excluding diaryl/α,β-unsaturated/α-hetero) is 1. The molecule has 5 aliphatic rings. The highest BCUT2D eigenvalue weighted by molar-refractivity contribution is 5.84. The van der Waals surface area contributed by atoms with Gasteiger partial charge in [-0.05, 0) is 116 Å². The third-order valence-corrected chi connectivity index (χ3v) is 13.7. The van der Waals surface area contributed by atoms with Crippen molar-refractivity contribution in [2.45, 2.75) is 119 Å². The van der Waals surface area contributed by atoms with Gasteiger partial charge in [-0.1, -0.05) is 60.1 Å². The number of aliphatic hydroxyl groups excluding tert-OH is 1. The van der Waals surface area contributed by atoms with E-state index in [1.165, 1.54) is 32.1 Å². The van der Waals surface area contributed by atoms with Crippen LogP contribution in [0.5, 0.6) is 0 Å². The summed E-state index contributed by atoms with van der Waals surface area (Å²) in [7, 11) is 0. The van der Waals surface area contributed by atoms with Crippen LogP contribution in [0.1, 0.15) is 113 Å². The number of rotatable bonds is 1. The van der Waals surface area contributed by atoms with Crippen molar-refractivity contribution in [3.05, 3.63) is 11.6 Å². The average Bonchev–Trinajstić information content (AvgIpc) is 2.74. The zero-order chi connectivity index (χ0) is 24.2. The molecule has 0 saturated heterocycles. The molecule has 4 saturated carbocycles. The van der Waals surface area contributed by atoms with Gasteiger partial charge in [-0.2, -0.15) is 0 Å². The predicted molar refractivity (Wildman–Crippen MR) is 136 cm³/mol. The van der Waals surface area contributed by atoms with E-state index in [0.29, 0.717) is 40.8 Å². The molecule has 10 atom stereocenters. The number of fused-ring (bicyclic) bond motifs is 7. The smallest absolute Gasteiger partial charge is 0.136 e. The minimum Gasteiger partial charge on any atom is -0.393 e. The molecule has 0 aromatic rings. The van der Waals surface area contributed by atoms with Gasteiger partial charge < -0.3 is 5.11 Å². The Morgan fingerprint density at radius 3 is 2.27 bits per heavy atom. The first-order valence-electron chi connectivity index (χ1n) is 14.2. The minimum absolute atomic E-state index is 0.00287. The van der Waals surface area contributed by atoms with Gasteiger partial charge in [0.25, 0.3) is 0 Å². The molecule has 33 heavy (non-hydrogen) atoms. The van der Waals surface area contributed by atoms with E-state index < -0.39 is 0 Å². The fraction of sp³-hybridized carbons (Fsp3) is 0.903. The highest BCUT2D eigenvalue weighted by Crippen LogP contribution is 2.75. The summed E-state index contributed by atoms with van der Waals surface area (Å²) in [4.78, 5) is 13.2. The molecule has 2 nitrogen and oxygen atoms in total. The van der Waals surface area contributed by atoms with Gasteiger partial charge in [0.05, 0.1) is 6.10 Å². The monoisotopic (exact) mass is 454 g/mol. The zero-order valence-electron chi connectivity index (χ0n) is 22.8. The molecule has 2 heteroatoms. The van der Waals surface area contributed by atoms with Gasteiger partial charge in [-0.3, -0.25) is 4.79 Å². The SMILES string of the molecule is CC(=O)C12CCC(C)C(C)C1C1=CCC3C4(C)CCC(O)C(C)(C)C4CCC3(C)C1(C)CC2. The highest BCUT2D eigenvalue weighted by Gasteiger charge is 2.69. The Balaban J connectivity index is 1.61. The van der Waals surface area contributed by atoms with Crippen molar-refractivity contribution in [1.82, 2.24) is 0 Å². The fourth-order valence-corrected chi connectivity index (χ4v) is 11.1. The van der Waals surface area contributed by atoms with E-state index in [1.54, 1.807) is 5.57 Å². The second-order valence-corrected chi connectivity index (χ2v) is 14.7. The van der Waals surface area contributed by atoms with Crippen molar-refractivity contribution in [3.8, 4) is 0 Å². The van der Waals surface area contributed by atoms with Crippen molar-refractivity contribution in [2.24, 2.45) is 56.7 Å². The molecule has 0 heterocycles. The third kappa shape index (κ3) is 2.80. The van der Waals surface area contributed by atoms with E-state index in [0.717, 1.165) is 25.7 Å². The van der Waals surface area contributed by atoms with Gasteiger partial charge in [-0.15, -0.1) is 0 Å². The maximum atomic E-state index is 13.2. The lowest BCUT2D eigenvalue weighted by atomic mass is 9.33. The first-order valence-corrected chi connectivity index (χ1v) is 14.2. The Labute approximate surface area is 203 Å². The number of hydrogen-bond acceptors (Lipinski definition) is 2. The molecule has 4 fully saturated rings. The zero-order valence-corrected chi connectivity index (χ0v) is 22.8. The van der Waals surface area contributed by atoms with Crippen molar-refractivity contribution in [1.29, 1.82) is 0 Å². The Kier molecular flexibility index (Phi) is 5.26. The van der Waals surface area contributed by atoms with Crippen LogP contribution >= 0.6 is 0 Å². The fourth-order valence-electron chi connectivity index (χ4n) is 11.1. The molecule has 186 valence electrons. The second-order valence-electron chi connectivity index (χ2n) is 14.7. The molecule has 0 aromatic carbocycles. The molecular formula is C31H50O2. The van der Waals surface area contributed by atoms with E-state index >= 15 is 0 Å². The van der Waals surface area contributed by atoms with E-state index in [1.807, 2.05) is 6.92 Å². The Morgan fingerprint density at radius 2 is 1.61 bits per heavy atom. The van der Waals surface area contributed by atoms with Crippen LogP contribution in [0.2, 0.25) is 0 Å². The largest absolute Gasteiger partial charge is 0.393 e. The van der Waals surface area contributed by atoms with E-state index in [9.17, 15) is 9.90 Å². The van der Waals surface area contributed by atoms with E-state index in [4.69, 9.17) is 0 Å². The summed E-state index contributed by atoms with van der Waals surface area (Å²) in [6, 6.07) is 0. The lowest BCUT2D eigenvalue weighted by Gasteiger charge is -2.71. The predicted octanol–water partition coefficient (Wildman–Crippen LogP) is 7.59. The standard InChI is InChI=1S/C31H50O2/c1-19-11-16-31(21(3)32)18-17-29(7)22(26(31)20(19)2)9-10-24-28(6)14-13-25(33)27(4,5)23(28)12-15-30(24,29)8/h9,19-20,23-26,33H,10-18H2,1-8H3. The van der Waals surface area contributed by atoms with Crippen molar-refractivity contribution in [3.63, 3.8) is 0 Å². The average molecular weight is 455 g/mol. The van der Waals surface area contributed by atoms with Gasteiger partial charge in [0.1, 0.15) is 5.78 Å². The number of ketones is 1. The van der Waals surface area contributed by atoms with Gasteiger partial charge in [0, 0.05) is 5.41 Å². The molecule has 5 rings (SSSR count). The number of carbonyl (C=O) groups is 1. The summed E-state index contributed by atoms with van der Waals surface area (Å²) in [5.74, 6) is 3.45. The van der Waals surface area contributed by atoms with Gasteiger partial charge in [0.15, 0.2) is 0 Å². The maximum Gasteiger partial charge on any atom is 0.136 e. The number of carbonyl (C=O) groups excluding carboxylic acids is 1. The summed E-state index contributed by atoms with van der Waals surface area (Å²) >= 11 is 0. The van der Waals surface area contributed by atoms with Crippen LogP contribution in [-0.4, -0.2) is 17.0 Å². The summed E-state index contributed by atoms with van der Waals surface area (Å²) < 4.78 is 0. The van der Waals surface area contributed by atoms with E-state index in [-0.39, 0.29) is 27.8 Å². The van der Waals surface area contributed by atoms with Gasteiger partial charge in [0.2, 0.25) is 0 Å². The number of hydrogen-bond donors (Lipinski definition) is 1. The van der Waals surface area contributed by atoms with E-state index in [2.05, 4.69) is 54.5 Å². The molecule has 0 amide bonds. The third-order valence-electron chi connectivity index (χ3n) is 13.7. The van der Waals surface area contributed by atoms with Crippen LogP contribution in [0.4, 0.5) is 0 Å². The molecule has 0 bridgehead atoms. The lowest BCUT2D eigenvalue weighted by molar-refractivity contribution is -0.204. The topological polar surface area (TPSA) is 37.3 Å². The lowest BCUT2D eigenvalue weighted by Crippen LogP contribution is -2.65. The first kappa shape index (κ1) is 24.1. The molecule has 0 aliphatic heterocycles. The Bertz CT molecular complexity index is 870. The van der Waals surface area contributed by atoms with Crippen LogP contribution in [-0.2, 0) is 4.79 Å². The summed E-state index contributed by atoms with van der Waals surface area (Å²) in [6.45, 7) is 19.3. The summed E-state index contributed by atoms with van der Waals surface area (Å²) in [5, 5.41) is 10.9. The second kappa shape index (κ2) is 7.21. The molecule has 0 radical (unpaired) electrons. The maximum absolute atomic E-state index is 13.2. The van der Waals surface area contributed by atoms with Gasteiger partial charge >= 0.3 is 0 Å². The van der Waals surface area contributed by atoms with Crippen LogP contribution in [0.3, 0.4) is 0 Å². The van der Waals surface area contributed by atoms with Crippen molar-refractivity contribution >= 4 is 5.78 Å².